The number of aromatic nitrogens is 1. The minimum Gasteiger partial charge on any atom is -0.497 e. The predicted octanol–water partition coefficient (Wildman–Crippen LogP) is 4.02. The fourth-order valence-corrected chi connectivity index (χ4v) is 5.37. The molecule has 1 aromatic heterocycles. The number of nitrogens with one attached hydrogen (secondary N) is 1. The molecule has 2 amide bonds. The van der Waals surface area contributed by atoms with Crippen LogP contribution < -0.4 is 10.1 Å². The number of thiazole rings is 1. The van der Waals surface area contributed by atoms with Gasteiger partial charge in [0.2, 0.25) is 5.91 Å². The third-order valence-electron chi connectivity index (χ3n) is 6.03. The van der Waals surface area contributed by atoms with Gasteiger partial charge in [-0.1, -0.05) is 24.3 Å². The van der Waals surface area contributed by atoms with E-state index >= 15 is 0 Å². The standard InChI is InChI=1S/C24H23N3O3S/c1-30-18-8-6-16(7-9-18)22(28)26-24-25-21-19(10-11-20(21)31-24)23(29)27-13-12-15-4-2-3-5-17(15)14-27/h2-9,19H,10-14H2,1H3,(H,25,26,28)/t19-/m1/s1. The lowest BCUT2D eigenvalue weighted by Crippen LogP contribution is -2.38. The SMILES string of the molecule is COc1ccc(C(=O)Nc2nc3c(s2)CC[C@H]3C(=O)N2CCc3ccccc3C2)cc1. The smallest absolute Gasteiger partial charge is 0.257 e. The van der Waals surface area contributed by atoms with E-state index in [1.165, 1.54) is 22.5 Å². The number of benzene rings is 2. The van der Waals surface area contributed by atoms with Gasteiger partial charge in [0.1, 0.15) is 5.75 Å². The van der Waals surface area contributed by atoms with Crippen LogP contribution in [0.1, 0.15) is 44.4 Å². The first-order valence-corrected chi connectivity index (χ1v) is 11.2. The van der Waals surface area contributed by atoms with Crippen molar-refractivity contribution in [1.29, 1.82) is 0 Å². The predicted molar refractivity (Wildman–Crippen MR) is 120 cm³/mol. The Hall–Kier alpha value is -3.19. The highest BCUT2D eigenvalue weighted by Crippen LogP contribution is 2.40. The average molecular weight is 434 g/mol. The maximum atomic E-state index is 13.3. The number of carbonyl (C=O) groups excluding carboxylic acids is 2. The molecule has 0 saturated carbocycles. The number of nitrogens with zero attached hydrogens (tertiary/aromatic N) is 2. The number of amides is 2. The number of methoxy groups -OCH3 is 1. The van der Waals surface area contributed by atoms with Gasteiger partial charge in [0.05, 0.1) is 18.7 Å². The van der Waals surface area contributed by atoms with Crippen molar-refractivity contribution in [2.45, 2.75) is 31.7 Å². The molecule has 0 fully saturated rings. The summed E-state index contributed by atoms with van der Waals surface area (Å²) in [5, 5.41) is 3.43. The van der Waals surface area contributed by atoms with Gasteiger partial charge < -0.3 is 9.64 Å². The number of fused-ring (bicyclic) bond motifs is 2. The van der Waals surface area contributed by atoms with Crippen LogP contribution in [0.5, 0.6) is 5.75 Å². The molecule has 5 rings (SSSR count). The Labute approximate surface area is 184 Å². The molecule has 0 saturated heterocycles. The lowest BCUT2D eigenvalue weighted by Gasteiger charge is -2.30. The van der Waals surface area contributed by atoms with Crippen LogP contribution in [0.2, 0.25) is 0 Å². The van der Waals surface area contributed by atoms with Crippen molar-refractivity contribution in [3.8, 4) is 5.75 Å². The molecule has 1 atom stereocenters. The molecule has 0 bridgehead atoms. The summed E-state index contributed by atoms with van der Waals surface area (Å²) < 4.78 is 5.13. The van der Waals surface area contributed by atoms with E-state index in [-0.39, 0.29) is 17.7 Å². The quantitative estimate of drug-likeness (QED) is 0.675. The molecule has 2 aliphatic rings. The molecular formula is C24H23N3O3S. The second-order valence-electron chi connectivity index (χ2n) is 7.88. The molecule has 2 heterocycles. The first-order valence-electron chi connectivity index (χ1n) is 10.4. The van der Waals surface area contributed by atoms with Crippen molar-refractivity contribution < 1.29 is 14.3 Å². The van der Waals surface area contributed by atoms with Crippen molar-refractivity contribution in [3.63, 3.8) is 0 Å². The monoisotopic (exact) mass is 433 g/mol. The fourth-order valence-electron chi connectivity index (χ4n) is 4.34. The Morgan fingerprint density at radius 1 is 1.10 bits per heavy atom. The molecule has 0 spiro atoms. The van der Waals surface area contributed by atoms with Gasteiger partial charge in [-0.25, -0.2) is 4.98 Å². The minimum atomic E-state index is -0.219. The van der Waals surface area contributed by atoms with Gasteiger partial charge in [0, 0.05) is 23.5 Å². The van der Waals surface area contributed by atoms with Gasteiger partial charge in [0.25, 0.3) is 5.91 Å². The largest absolute Gasteiger partial charge is 0.497 e. The zero-order valence-electron chi connectivity index (χ0n) is 17.3. The molecule has 1 aliphatic carbocycles. The van der Waals surface area contributed by atoms with E-state index in [0.717, 1.165) is 36.4 Å². The summed E-state index contributed by atoms with van der Waals surface area (Å²) in [5.74, 6) is 0.409. The molecule has 0 radical (unpaired) electrons. The highest BCUT2D eigenvalue weighted by Gasteiger charge is 2.36. The van der Waals surface area contributed by atoms with E-state index in [0.29, 0.717) is 23.0 Å². The number of carbonyl (C=O) groups is 2. The van der Waals surface area contributed by atoms with Crippen LogP contribution in [0, 0.1) is 0 Å². The Morgan fingerprint density at radius 3 is 2.65 bits per heavy atom. The van der Waals surface area contributed by atoms with E-state index in [4.69, 9.17) is 4.74 Å². The molecule has 6 nitrogen and oxygen atoms in total. The van der Waals surface area contributed by atoms with Crippen LogP contribution in [-0.4, -0.2) is 35.4 Å². The molecule has 2 aromatic carbocycles. The Bertz CT molecular complexity index is 1140. The number of hydrogen-bond donors (Lipinski definition) is 1. The van der Waals surface area contributed by atoms with E-state index in [9.17, 15) is 9.59 Å². The first-order chi connectivity index (χ1) is 15.1. The van der Waals surface area contributed by atoms with Crippen LogP contribution in [-0.2, 0) is 24.2 Å². The second kappa shape index (κ2) is 8.15. The number of ether oxygens (including phenoxy) is 1. The molecule has 3 aromatic rings. The van der Waals surface area contributed by atoms with Crippen LogP contribution in [0.3, 0.4) is 0 Å². The highest BCUT2D eigenvalue weighted by molar-refractivity contribution is 7.16. The van der Waals surface area contributed by atoms with Crippen molar-refractivity contribution >= 4 is 28.3 Å². The lowest BCUT2D eigenvalue weighted by atomic mass is 9.97. The van der Waals surface area contributed by atoms with Gasteiger partial charge in [0.15, 0.2) is 5.13 Å². The summed E-state index contributed by atoms with van der Waals surface area (Å²) in [5.41, 5.74) is 3.93. The highest BCUT2D eigenvalue weighted by atomic mass is 32.1. The van der Waals surface area contributed by atoms with Crippen molar-refractivity contribution in [2.24, 2.45) is 0 Å². The molecule has 1 N–H and O–H groups in total. The summed E-state index contributed by atoms with van der Waals surface area (Å²) in [6.45, 7) is 1.40. The maximum absolute atomic E-state index is 13.3. The molecule has 1 aliphatic heterocycles. The van der Waals surface area contributed by atoms with Gasteiger partial charge in [-0.05, 0) is 54.7 Å². The number of rotatable bonds is 4. The zero-order valence-corrected chi connectivity index (χ0v) is 18.1. The Balaban J connectivity index is 1.29. The summed E-state index contributed by atoms with van der Waals surface area (Å²) in [6.07, 6.45) is 2.51. The van der Waals surface area contributed by atoms with Crippen LogP contribution in [0.4, 0.5) is 5.13 Å². The van der Waals surface area contributed by atoms with Crippen LogP contribution in [0.15, 0.2) is 48.5 Å². The van der Waals surface area contributed by atoms with E-state index < -0.39 is 0 Å². The van der Waals surface area contributed by atoms with Gasteiger partial charge >= 0.3 is 0 Å². The molecule has 158 valence electrons. The maximum Gasteiger partial charge on any atom is 0.257 e. The summed E-state index contributed by atoms with van der Waals surface area (Å²) in [6, 6.07) is 15.3. The van der Waals surface area contributed by atoms with Crippen LogP contribution in [0.25, 0.3) is 0 Å². The molecule has 31 heavy (non-hydrogen) atoms. The van der Waals surface area contributed by atoms with Crippen LogP contribution >= 0.6 is 11.3 Å². The number of aryl methyl sites for hydroxylation is 1. The number of hydrogen-bond acceptors (Lipinski definition) is 5. The Morgan fingerprint density at radius 2 is 1.87 bits per heavy atom. The summed E-state index contributed by atoms with van der Waals surface area (Å²) in [7, 11) is 1.59. The fraction of sp³-hybridized carbons (Fsp3) is 0.292. The molecular weight excluding hydrogens is 410 g/mol. The van der Waals surface area contributed by atoms with Gasteiger partial charge in [-0.3, -0.25) is 14.9 Å². The van der Waals surface area contributed by atoms with E-state index in [1.54, 1.807) is 31.4 Å². The molecule has 7 heteroatoms. The normalized spacial score (nSPS) is 17.1. The zero-order chi connectivity index (χ0) is 21.4. The number of anilines is 1. The van der Waals surface area contributed by atoms with Gasteiger partial charge in [-0.2, -0.15) is 0 Å². The summed E-state index contributed by atoms with van der Waals surface area (Å²) >= 11 is 1.47. The second-order valence-corrected chi connectivity index (χ2v) is 8.96. The lowest BCUT2D eigenvalue weighted by molar-refractivity contribution is -0.133. The third-order valence-corrected chi connectivity index (χ3v) is 7.08. The van der Waals surface area contributed by atoms with Crippen molar-refractivity contribution in [3.05, 3.63) is 75.8 Å². The topological polar surface area (TPSA) is 71.5 Å². The minimum absolute atomic E-state index is 0.145. The Kier molecular flexibility index (Phi) is 5.19. The van der Waals surface area contributed by atoms with E-state index in [1.807, 2.05) is 11.0 Å². The van der Waals surface area contributed by atoms with E-state index in [2.05, 4.69) is 28.5 Å². The third kappa shape index (κ3) is 3.81. The van der Waals surface area contributed by atoms with Gasteiger partial charge in [-0.15, -0.1) is 11.3 Å². The first kappa shape index (κ1) is 19.8. The van der Waals surface area contributed by atoms with Crippen molar-refractivity contribution in [2.75, 3.05) is 19.0 Å². The summed E-state index contributed by atoms with van der Waals surface area (Å²) in [4.78, 5) is 33.5. The average Bonchev–Trinajstić information content (AvgIpc) is 3.38. The molecule has 0 unspecified atom stereocenters. The van der Waals surface area contributed by atoms with Crippen molar-refractivity contribution in [1.82, 2.24) is 9.88 Å².